The summed E-state index contributed by atoms with van der Waals surface area (Å²) in [6, 6.07) is 5.21. The van der Waals surface area contributed by atoms with Crippen molar-refractivity contribution in [2.24, 2.45) is 5.73 Å². The smallest absolute Gasteiger partial charge is 0.165 e. The summed E-state index contributed by atoms with van der Waals surface area (Å²) in [6.07, 6.45) is 1.79. The fourth-order valence-electron chi connectivity index (χ4n) is 2.24. The molecule has 0 saturated heterocycles. The van der Waals surface area contributed by atoms with Crippen LogP contribution in [0.15, 0.2) is 18.2 Å². The number of hydrogen-bond donors (Lipinski definition) is 1. The van der Waals surface area contributed by atoms with Crippen molar-refractivity contribution in [1.29, 1.82) is 0 Å². The van der Waals surface area contributed by atoms with E-state index in [-0.39, 0.29) is 17.3 Å². The molecule has 0 heterocycles. The van der Waals surface area contributed by atoms with Gasteiger partial charge in [-0.1, -0.05) is 19.9 Å². The molecule has 0 amide bonds. The van der Waals surface area contributed by atoms with Crippen molar-refractivity contribution in [2.75, 3.05) is 6.54 Å². The minimum absolute atomic E-state index is 0.0260. The average Bonchev–Trinajstić information content (AvgIpc) is 2.35. The Morgan fingerprint density at radius 2 is 1.89 bits per heavy atom. The lowest BCUT2D eigenvalue weighted by Gasteiger charge is -2.31. The summed E-state index contributed by atoms with van der Waals surface area (Å²) < 4.78 is 19.4. The fraction of sp³-hybridized carbons (Fsp3) is 0.600. The molecule has 102 valence electrons. The van der Waals surface area contributed by atoms with Crippen molar-refractivity contribution in [3.8, 4) is 5.75 Å². The molecule has 1 aromatic carbocycles. The lowest BCUT2D eigenvalue weighted by molar-refractivity contribution is 0.230. The summed E-state index contributed by atoms with van der Waals surface area (Å²) in [4.78, 5) is 0. The summed E-state index contributed by atoms with van der Waals surface area (Å²) in [5, 5.41) is 0. The number of benzene rings is 1. The van der Waals surface area contributed by atoms with Gasteiger partial charge in [-0.15, -0.1) is 0 Å². The highest BCUT2D eigenvalue weighted by molar-refractivity contribution is 5.34. The Hall–Kier alpha value is -1.09. The van der Waals surface area contributed by atoms with Gasteiger partial charge in [0.1, 0.15) is 0 Å². The van der Waals surface area contributed by atoms with Gasteiger partial charge in [0, 0.05) is 12.0 Å². The van der Waals surface area contributed by atoms with Gasteiger partial charge in [-0.2, -0.15) is 0 Å². The molecule has 0 aromatic heterocycles. The molecule has 1 rings (SSSR count). The van der Waals surface area contributed by atoms with Crippen molar-refractivity contribution >= 4 is 0 Å². The summed E-state index contributed by atoms with van der Waals surface area (Å²) >= 11 is 0. The Morgan fingerprint density at radius 1 is 1.28 bits per heavy atom. The lowest BCUT2D eigenvalue weighted by atomic mass is 9.76. The van der Waals surface area contributed by atoms with Crippen LogP contribution in [0.1, 0.15) is 46.1 Å². The van der Waals surface area contributed by atoms with E-state index in [2.05, 4.69) is 13.8 Å². The molecular formula is C15H24FNO. The molecule has 0 aliphatic heterocycles. The monoisotopic (exact) mass is 253 g/mol. The van der Waals surface area contributed by atoms with Crippen molar-refractivity contribution in [2.45, 2.75) is 52.1 Å². The highest BCUT2D eigenvalue weighted by atomic mass is 19.1. The van der Waals surface area contributed by atoms with E-state index in [1.165, 1.54) is 0 Å². The zero-order chi connectivity index (χ0) is 13.8. The third-order valence-corrected chi connectivity index (χ3v) is 3.65. The highest BCUT2D eigenvalue weighted by Gasteiger charge is 2.27. The van der Waals surface area contributed by atoms with Gasteiger partial charge < -0.3 is 10.5 Å². The Balaban J connectivity index is 3.09. The van der Waals surface area contributed by atoms with Gasteiger partial charge >= 0.3 is 0 Å². The van der Waals surface area contributed by atoms with Crippen LogP contribution in [0.3, 0.4) is 0 Å². The third-order valence-electron chi connectivity index (χ3n) is 3.65. The van der Waals surface area contributed by atoms with Crippen LogP contribution in [-0.2, 0) is 5.41 Å². The molecule has 3 heteroatoms. The summed E-state index contributed by atoms with van der Waals surface area (Å²) in [5.74, 6) is 0.00722. The van der Waals surface area contributed by atoms with Crippen LogP contribution >= 0.6 is 0 Å². The fourth-order valence-corrected chi connectivity index (χ4v) is 2.24. The van der Waals surface area contributed by atoms with Crippen molar-refractivity contribution < 1.29 is 9.13 Å². The number of nitrogens with two attached hydrogens (primary N) is 1. The van der Waals surface area contributed by atoms with Crippen LogP contribution in [0.4, 0.5) is 4.39 Å². The van der Waals surface area contributed by atoms with Gasteiger partial charge in [0.25, 0.3) is 0 Å². The van der Waals surface area contributed by atoms with E-state index >= 15 is 0 Å². The molecule has 0 aliphatic carbocycles. The quantitative estimate of drug-likeness (QED) is 0.840. The minimum atomic E-state index is -0.305. The molecule has 0 unspecified atom stereocenters. The van der Waals surface area contributed by atoms with Crippen LogP contribution in [-0.4, -0.2) is 12.6 Å². The van der Waals surface area contributed by atoms with E-state index in [0.29, 0.717) is 12.3 Å². The van der Waals surface area contributed by atoms with Gasteiger partial charge in [0.05, 0.1) is 6.10 Å². The molecule has 0 atom stereocenters. The van der Waals surface area contributed by atoms with Crippen LogP contribution in [0.2, 0.25) is 0 Å². The molecule has 0 bridgehead atoms. The van der Waals surface area contributed by atoms with Gasteiger partial charge in [0.15, 0.2) is 11.6 Å². The van der Waals surface area contributed by atoms with Gasteiger partial charge in [0.2, 0.25) is 0 Å². The largest absolute Gasteiger partial charge is 0.488 e. The first-order valence-corrected chi connectivity index (χ1v) is 6.65. The average molecular weight is 253 g/mol. The maximum Gasteiger partial charge on any atom is 0.165 e. The minimum Gasteiger partial charge on any atom is -0.488 e. The molecule has 0 spiro atoms. The Kier molecular flexibility index (Phi) is 5.15. The first-order chi connectivity index (χ1) is 8.49. The third kappa shape index (κ3) is 3.02. The van der Waals surface area contributed by atoms with Gasteiger partial charge in [-0.3, -0.25) is 0 Å². The Morgan fingerprint density at radius 3 is 2.28 bits per heavy atom. The van der Waals surface area contributed by atoms with Crippen molar-refractivity contribution in [3.63, 3.8) is 0 Å². The van der Waals surface area contributed by atoms with Crippen LogP contribution < -0.4 is 10.5 Å². The van der Waals surface area contributed by atoms with E-state index in [0.717, 1.165) is 18.4 Å². The van der Waals surface area contributed by atoms with E-state index in [1.54, 1.807) is 12.1 Å². The molecule has 0 radical (unpaired) electrons. The second-order valence-electron chi connectivity index (χ2n) is 5.00. The van der Waals surface area contributed by atoms with E-state index in [1.807, 2.05) is 19.9 Å². The SMILES string of the molecule is CCC(CC)(CN)c1ccc(OC(C)C)c(F)c1. The highest BCUT2D eigenvalue weighted by Crippen LogP contribution is 2.33. The standard InChI is InChI=1S/C15H24FNO/c1-5-15(6-2,10-17)12-7-8-14(13(16)9-12)18-11(3)4/h7-9,11H,5-6,10,17H2,1-4H3. The zero-order valence-electron chi connectivity index (χ0n) is 11.8. The molecule has 2 nitrogen and oxygen atoms in total. The number of halogens is 1. The van der Waals surface area contributed by atoms with Crippen LogP contribution in [0.5, 0.6) is 5.75 Å². The molecule has 1 aromatic rings. The number of rotatable bonds is 6. The maximum atomic E-state index is 14.0. The topological polar surface area (TPSA) is 35.2 Å². The van der Waals surface area contributed by atoms with E-state index in [4.69, 9.17) is 10.5 Å². The summed E-state index contributed by atoms with van der Waals surface area (Å²) in [7, 11) is 0. The number of hydrogen-bond acceptors (Lipinski definition) is 2. The zero-order valence-corrected chi connectivity index (χ0v) is 11.8. The van der Waals surface area contributed by atoms with Crippen LogP contribution in [0, 0.1) is 5.82 Å². The lowest BCUT2D eigenvalue weighted by Crippen LogP contribution is -2.33. The summed E-state index contributed by atoms with van der Waals surface area (Å²) in [6.45, 7) is 8.48. The molecular weight excluding hydrogens is 229 g/mol. The molecule has 0 fully saturated rings. The molecule has 0 saturated carbocycles. The van der Waals surface area contributed by atoms with Crippen LogP contribution in [0.25, 0.3) is 0 Å². The second-order valence-corrected chi connectivity index (χ2v) is 5.00. The normalized spacial score (nSPS) is 11.9. The van der Waals surface area contributed by atoms with Gasteiger partial charge in [-0.05, 0) is 44.4 Å². The predicted molar refractivity (Wildman–Crippen MR) is 73.5 cm³/mol. The predicted octanol–water partition coefficient (Wildman–Crippen LogP) is 3.63. The van der Waals surface area contributed by atoms with E-state index < -0.39 is 0 Å². The van der Waals surface area contributed by atoms with Crippen molar-refractivity contribution in [1.82, 2.24) is 0 Å². The molecule has 0 aliphatic rings. The Bertz CT molecular complexity index is 378. The Labute approximate surface area is 109 Å². The van der Waals surface area contributed by atoms with Gasteiger partial charge in [-0.25, -0.2) is 4.39 Å². The summed E-state index contributed by atoms with van der Waals surface area (Å²) in [5.41, 5.74) is 6.71. The first kappa shape index (κ1) is 15.0. The maximum absolute atomic E-state index is 14.0. The van der Waals surface area contributed by atoms with Crippen molar-refractivity contribution in [3.05, 3.63) is 29.6 Å². The second kappa shape index (κ2) is 6.19. The first-order valence-electron chi connectivity index (χ1n) is 6.65. The molecule has 2 N–H and O–H groups in total. The molecule has 18 heavy (non-hydrogen) atoms. The number of ether oxygens (including phenoxy) is 1. The van der Waals surface area contributed by atoms with E-state index in [9.17, 15) is 4.39 Å².